The van der Waals surface area contributed by atoms with Crippen molar-refractivity contribution in [1.82, 2.24) is 10.2 Å². The van der Waals surface area contributed by atoms with E-state index in [0.717, 1.165) is 18.4 Å². The Morgan fingerprint density at radius 1 is 1.11 bits per heavy atom. The van der Waals surface area contributed by atoms with Gasteiger partial charge >= 0.3 is 6.18 Å². The third-order valence-corrected chi connectivity index (χ3v) is 8.56. The second-order valence-corrected chi connectivity index (χ2v) is 11.9. The summed E-state index contributed by atoms with van der Waals surface area (Å²) in [4.78, 5) is 28.3. The second-order valence-electron chi connectivity index (χ2n) is 9.89. The lowest BCUT2D eigenvalue weighted by molar-refractivity contribution is -0.137. The number of sulfone groups is 1. The first-order valence-corrected chi connectivity index (χ1v) is 13.5. The zero-order chi connectivity index (χ0) is 26.0. The molecule has 2 saturated carbocycles. The summed E-state index contributed by atoms with van der Waals surface area (Å²) in [5.41, 5.74) is -2.10. The lowest BCUT2D eigenvalue weighted by Crippen LogP contribution is -2.51. The lowest BCUT2D eigenvalue weighted by atomic mass is 9.98. The number of hydrogen-bond donors (Lipinski definition) is 1. The van der Waals surface area contributed by atoms with Crippen molar-refractivity contribution in [3.63, 3.8) is 0 Å². The summed E-state index contributed by atoms with van der Waals surface area (Å²) in [6.07, 6.45) is -1.24. The normalized spacial score (nSPS) is 24.2. The Morgan fingerprint density at radius 2 is 1.83 bits per heavy atom. The number of carbonyl (C=O) groups is 2. The molecular formula is C25H24F4N2O4S. The predicted molar refractivity (Wildman–Crippen MR) is 121 cm³/mol. The fraction of sp³-hybridized carbons (Fsp3) is 0.440. The zero-order valence-electron chi connectivity index (χ0n) is 19.3. The zero-order valence-corrected chi connectivity index (χ0v) is 20.1. The molecule has 5 rings (SSSR count). The highest BCUT2D eigenvalue weighted by Crippen LogP contribution is 2.57. The number of benzene rings is 2. The van der Waals surface area contributed by atoms with Crippen molar-refractivity contribution < 1.29 is 35.6 Å². The number of halogens is 4. The van der Waals surface area contributed by atoms with Crippen LogP contribution >= 0.6 is 0 Å². The van der Waals surface area contributed by atoms with Crippen molar-refractivity contribution in [3.8, 4) is 0 Å². The van der Waals surface area contributed by atoms with Crippen LogP contribution in [-0.2, 0) is 20.8 Å². The van der Waals surface area contributed by atoms with Gasteiger partial charge in [-0.25, -0.2) is 12.8 Å². The van der Waals surface area contributed by atoms with Crippen molar-refractivity contribution in [2.45, 2.75) is 48.3 Å². The fourth-order valence-corrected chi connectivity index (χ4v) is 5.94. The second kappa shape index (κ2) is 8.29. The molecule has 1 unspecified atom stereocenters. The van der Waals surface area contributed by atoms with E-state index < -0.39 is 50.8 Å². The van der Waals surface area contributed by atoms with Gasteiger partial charge in [-0.2, -0.15) is 13.2 Å². The van der Waals surface area contributed by atoms with Crippen LogP contribution in [0.15, 0.2) is 47.4 Å². The van der Waals surface area contributed by atoms with E-state index in [4.69, 9.17) is 0 Å². The average Bonchev–Trinajstić information content (AvgIpc) is 3.73. The van der Waals surface area contributed by atoms with E-state index >= 15 is 0 Å². The molecule has 0 bridgehead atoms. The van der Waals surface area contributed by atoms with Crippen molar-refractivity contribution >= 4 is 21.7 Å². The summed E-state index contributed by atoms with van der Waals surface area (Å²) in [7, 11) is -3.54. The Bertz CT molecular complexity index is 1360. The van der Waals surface area contributed by atoms with Gasteiger partial charge in [0.05, 0.1) is 16.5 Å². The number of nitrogens with one attached hydrogen (secondary N) is 1. The van der Waals surface area contributed by atoms with E-state index in [0.29, 0.717) is 38.3 Å². The lowest BCUT2D eigenvalue weighted by Gasteiger charge is -2.30. The van der Waals surface area contributed by atoms with Crippen molar-refractivity contribution in [3.05, 3.63) is 65.0 Å². The highest BCUT2D eigenvalue weighted by molar-refractivity contribution is 7.90. The van der Waals surface area contributed by atoms with Gasteiger partial charge in [0, 0.05) is 23.9 Å². The molecule has 192 valence electrons. The number of carbonyl (C=O) groups excluding carboxylic acids is 2. The maximum atomic E-state index is 14.7. The minimum Gasteiger partial charge on any atom is -0.347 e. The van der Waals surface area contributed by atoms with E-state index in [1.54, 1.807) is 0 Å². The topological polar surface area (TPSA) is 83.6 Å². The quantitative estimate of drug-likeness (QED) is 0.577. The number of rotatable bonds is 6. The Labute approximate surface area is 205 Å². The number of piperidine rings is 1. The van der Waals surface area contributed by atoms with Gasteiger partial charge in [-0.1, -0.05) is 12.1 Å². The molecule has 1 heterocycles. The van der Waals surface area contributed by atoms with Crippen molar-refractivity contribution in [2.24, 2.45) is 11.8 Å². The maximum absolute atomic E-state index is 14.7. The average molecular weight is 525 g/mol. The summed E-state index contributed by atoms with van der Waals surface area (Å²) in [5.74, 6) is -2.17. The standard InChI is InChI=1S/C25H24F4N2O4S/c1-36(34,35)18-4-2-3-15(11-18)22(32)31-10-9-17-13-24(17,31)23(33)30-21(14-5-6-14)19-8-7-16(12-20(19)26)25(27,28)29/h2-4,7-8,11-12,14,17,21H,5-6,9-10,13H2,1H3,(H,30,33)/t17-,21?,24-/m1/s1. The third kappa shape index (κ3) is 4.27. The molecule has 36 heavy (non-hydrogen) atoms. The number of alkyl halides is 3. The molecule has 2 aromatic rings. The van der Waals surface area contributed by atoms with Gasteiger partial charge < -0.3 is 10.2 Å². The van der Waals surface area contributed by atoms with Crippen molar-refractivity contribution in [1.29, 1.82) is 0 Å². The largest absolute Gasteiger partial charge is 0.416 e. The van der Waals surface area contributed by atoms with Crippen LogP contribution in [0.3, 0.4) is 0 Å². The molecule has 3 aliphatic rings. The number of amides is 2. The van der Waals surface area contributed by atoms with Crippen LogP contribution < -0.4 is 5.32 Å². The minimum atomic E-state index is -4.68. The van der Waals surface area contributed by atoms with Gasteiger partial charge in [-0.3, -0.25) is 9.59 Å². The van der Waals surface area contributed by atoms with E-state index in [-0.39, 0.29) is 27.9 Å². The molecule has 0 aromatic heterocycles. The Hall–Kier alpha value is -2.95. The molecule has 11 heteroatoms. The predicted octanol–water partition coefficient (Wildman–Crippen LogP) is 4.12. The van der Waals surface area contributed by atoms with Crippen LogP contribution in [0.1, 0.15) is 53.2 Å². The maximum Gasteiger partial charge on any atom is 0.416 e. The summed E-state index contributed by atoms with van der Waals surface area (Å²) in [6.45, 7) is 0.308. The van der Waals surface area contributed by atoms with Gasteiger partial charge in [0.2, 0.25) is 5.91 Å². The van der Waals surface area contributed by atoms with Crippen LogP contribution in [0.5, 0.6) is 0 Å². The molecule has 1 N–H and O–H groups in total. The molecule has 3 atom stereocenters. The third-order valence-electron chi connectivity index (χ3n) is 7.45. The minimum absolute atomic E-state index is 0.00929. The van der Waals surface area contributed by atoms with E-state index in [1.807, 2.05) is 0 Å². The van der Waals surface area contributed by atoms with Gasteiger partial charge in [0.1, 0.15) is 11.4 Å². The summed E-state index contributed by atoms with van der Waals surface area (Å²) in [6, 6.07) is 7.13. The summed E-state index contributed by atoms with van der Waals surface area (Å²) >= 11 is 0. The molecule has 2 amide bonds. The first kappa shape index (κ1) is 24.7. The first-order valence-electron chi connectivity index (χ1n) is 11.6. The molecule has 1 saturated heterocycles. The highest BCUT2D eigenvalue weighted by atomic mass is 32.2. The number of hydrogen-bond acceptors (Lipinski definition) is 4. The van der Waals surface area contributed by atoms with Crippen molar-refractivity contribution in [2.75, 3.05) is 12.8 Å². The summed E-state index contributed by atoms with van der Waals surface area (Å²) in [5, 5.41) is 2.84. The van der Waals surface area contributed by atoms with E-state index in [2.05, 4.69) is 5.32 Å². The van der Waals surface area contributed by atoms with Gasteiger partial charge in [-0.15, -0.1) is 0 Å². The van der Waals surface area contributed by atoms with Crippen LogP contribution in [0, 0.1) is 17.7 Å². The molecule has 2 aliphatic carbocycles. The number of likely N-dealkylation sites (tertiary alicyclic amines) is 1. The van der Waals surface area contributed by atoms with E-state index in [9.17, 15) is 35.6 Å². The molecule has 2 aromatic carbocycles. The Kier molecular flexibility index (Phi) is 5.70. The van der Waals surface area contributed by atoms with Crippen LogP contribution in [0.25, 0.3) is 0 Å². The molecule has 1 aliphatic heterocycles. The first-order chi connectivity index (χ1) is 16.8. The van der Waals surface area contributed by atoms with Crippen LogP contribution in [0.2, 0.25) is 0 Å². The molecule has 0 radical (unpaired) electrons. The SMILES string of the molecule is CS(=O)(=O)c1cccc(C(=O)N2CC[C@@H]3C[C@]32C(=O)NC(c2ccc(C(F)(F)F)cc2F)C2CC2)c1. The molecule has 6 nitrogen and oxygen atoms in total. The van der Waals surface area contributed by atoms with Crippen LogP contribution in [0.4, 0.5) is 17.6 Å². The van der Waals surface area contributed by atoms with E-state index in [1.165, 1.54) is 29.2 Å². The molecule has 3 fully saturated rings. The molecule has 0 spiro atoms. The van der Waals surface area contributed by atoms with Gasteiger partial charge in [-0.05, 0) is 67.9 Å². The number of nitrogens with zero attached hydrogens (tertiary/aromatic N) is 1. The van der Waals surface area contributed by atoms with Crippen LogP contribution in [-0.4, -0.2) is 43.5 Å². The Balaban J connectivity index is 1.40. The van der Waals surface area contributed by atoms with Gasteiger partial charge in [0.25, 0.3) is 5.91 Å². The molecular weight excluding hydrogens is 500 g/mol. The highest BCUT2D eigenvalue weighted by Gasteiger charge is 2.68. The fourth-order valence-electron chi connectivity index (χ4n) is 5.27. The number of fused-ring (bicyclic) bond motifs is 1. The monoisotopic (exact) mass is 524 g/mol. The van der Waals surface area contributed by atoms with Gasteiger partial charge in [0.15, 0.2) is 9.84 Å². The summed E-state index contributed by atoms with van der Waals surface area (Å²) < 4.78 is 77.5. The Morgan fingerprint density at radius 3 is 2.42 bits per heavy atom. The smallest absolute Gasteiger partial charge is 0.347 e.